The molecule has 5 heteroatoms. The molecule has 1 aliphatic heterocycles. The molecule has 0 saturated carbocycles. The predicted molar refractivity (Wildman–Crippen MR) is 73.1 cm³/mol. The molecule has 5 nitrogen and oxygen atoms in total. The first-order chi connectivity index (χ1) is 9.31. The van der Waals surface area contributed by atoms with Crippen LogP contribution in [0.25, 0.3) is 0 Å². The highest BCUT2D eigenvalue weighted by atomic mass is 16.5. The summed E-state index contributed by atoms with van der Waals surface area (Å²) in [5.41, 5.74) is 2.29. The van der Waals surface area contributed by atoms with Gasteiger partial charge in [0.25, 0.3) is 0 Å². The molecule has 1 saturated heterocycles. The molecule has 0 aliphatic carbocycles. The molecule has 1 aliphatic rings. The second kappa shape index (κ2) is 7.53. The van der Waals surface area contributed by atoms with Crippen molar-refractivity contribution < 1.29 is 9.47 Å². The van der Waals surface area contributed by atoms with Crippen LogP contribution in [0, 0.1) is 6.92 Å². The molecule has 1 aromatic heterocycles. The van der Waals surface area contributed by atoms with E-state index in [1.165, 1.54) is 5.69 Å². The van der Waals surface area contributed by atoms with Gasteiger partial charge in [-0.15, -0.1) is 0 Å². The zero-order chi connectivity index (χ0) is 13.5. The third kappa shape index (κ3) is 4.23. The summed E-state index contributed by atoms with van der Waals surface area (Å²) in [7, 11) is 1.68. The number of aromatic nitrogens is 2. The van der Waals surface area contributed by atoms with Crippen LogP contribution in [0.15, 0.2) is 6.20 Å². The smallest absolute Gasteiger partial charge is 0.125 e. The van der Waals surface area contributed by atoms with Crippen molar-refractivity contribution in [2.45, 2.75) is 32.3 Å². The van der Waals surface area contributed by atoms with E-state index in [1.54, 1.807) is 7.11 Å². The number of nitrogens with one attached hydrogen (secondary N) is 1. The van der Waals surface area contributed by atoms with E-state index in [1.807, 2.05) is 13.1 Å². The monoisotopic (exact) mass is 265 g/mol. The van der Waals surface area contributed by atoms with Crippen molar-refractivity contribution in [2.24, 2.45) is 0 Å². The minimum Gasteiger partial charge on any atom is -0.382 e. The number of aryl methyl sites for hydroxylation is 1. The normalized spacial score (nSPS) is 16.7. The topological polar surface area (TPSA) is 56.3 Å². The van der Waals surface area contributed by atoms with Crippen molar-refractivity contribution in [3.8, 4) is 0 Å². The van der Waals surface area contributed by atoms with Gasteiger partial charge in [-0.2, -0.15) is 0 Å². The second-order valence-electron chi connectivity index (χ2n) is 4.90. The van der Waals surface area contributed by atoms with E-state index in [2.05, 4.69) is 15.3 Å². The second-order valence-corrected chi connectivity index (χ2v) is 4.90. The summed E-state index contributed by atoms with van der Waals surface area (Å²) in [6.45, 7) is 5.88. The average Bonchev–Trinajstić information content (AvgIpc) is 2.46. The Labute approximate surface area is 114 Å². The van der Waals surface area contributed by atoms with Gasteiger partial charge in [0.15, 0.2) is 0 Å². The number of nitrogens with zero attached hydrogens (tertiary/aromatic N) is 2. The van der Waals surface area contributed by atoms with E-state index in [-0.39, 0.29) is 0 Å². The molecular weight excluding hydrogens is 242 g/mol. The van der Waals surface area contributed by atoms with Crippen LogP contribution in [0.1, 0.15) is 35.8 Å². The number of piperidine rings is 1. The first-order valence-corrected chi connectivity index (χ1v) is 6.91. The first kappa shape index (κ1) is 14.4. The molecule has 19 heavy (non-hydrogen) atoms. The highest BCUT2D eigenvalue weighted by molar-refractivity contribution is 5.21. The number of hydrogen-bond acceptors (Lipinski definition) is 5. The molecule has 1 aromatic rings. The lowest BCUT2D eigenvalue weighted by molar-refractivity contribution is 0.0608. The molecule has 2 rings (SSSR count). The molecule has 0 atom stereocenters. The van der Waals surface area contributed by atoms with Gasteiger partial charge in [-0.05, 0) is 32.9 Å². The summed E-state index contributed by atoms with van der Waals surface area (Å²) in [6, 6.07) is 0. The Balaban J connectivity index is 2.03. The minimum absolute atomic E-state index is 0.531. The van der Waals surface area contributed by atoms with Crippen molar-refractivity contribution in [3.63, 3.8) is 0 Å². The Morgan fingerprint density at radius 2 is 2.11 bits per heavy atom. The van der Waals surface area contributed by atoms with E-state index in [0.717, 1.165) is 37.3 Å². The highest BCUT2D eigenvalue weighted by Crippen LogP contribution is 2.26. The van der Waals surface area contributed by atoms with Gasteiger partial charge >= 0.3 is 0 Å². The van der Waals surface area contributed by atoms with Crippen LogP contribution >= 0.6 is 0 Å². The van der Waals surface area contributed by atoms with Crippen LogP contribution in [0.3, 0.4) is 0 Å². The third-order valence-corrected chi connectivity index (χ3v) is 3.43. The minimum atomic E-state index is 0.531. The molecule has 1 fully saturated rings. The lowest BCUT2D eigenvalue weighted by atomic mass is 9.92. The van der Waals surface area contributed by atoms with Gasteiger partial charge < -0.3 is 14.8 Å². The molecule has 0 radical (unpaired) electrons. The summed E-state index contributed by atoms with van der Waals surface area (Å²) in [5, 5.41) is 3.39. The molecule has 1 N–H and O–H groups in total. The standard InChI is InChI=1S/C14H23N3O2/c1-11-16-9-13(10-19-8-7-18-2)14(17-11)12-3-5-15-6-4-12/h9,12,15H,3-8,10H2,1-2H3. The van der Waals surface area contributed by atoms with Crippen LogP contribution in [-0.4, -0.2) is 43.4 Å². The summed E-state index contributed by atoms with van der Waals surface area (Å²) in [4.78, 5) is 8.94. The predicted octanol–water partition coefficient (Wildman–Crippen LogP) is 1.42. The van der Waals surface area contributed by atoms with Gasteiger partial charge in [0.1, 0.15) is 5.82 Å². The van der Waals surface area contributed by atoms with Crippen LogP contribution in [-0.2, 0) is 16.1 Å². The zero-order valence-electron chi connectivity index (χ0n) is 11.8. The summed E-state index contributed by atoms with van der Waals surface area (Å²) >= 11 is 0. The van der Waals surface area contributed by atoms with Crippen molar-refractivity contribution in [1.29, 1.82) is 0 Å². The fourth-order valence-electron chi connectivity index (χ4n) is 2.40. The van der Waals surface area contributed by atoms with E-state index >= 15 is 0 Å². The molecule has 0 amide bonds. The lowest BCUT2D eigenvalue weighted by Gasteiger charge is -2.24. The Morgan fingerprint density at radius 3 is 2.84 bits per heavy atom. The van der Waals surface area contributed by atoms with E-state index in [0.29, 0.717) is 25.7 Å². The number of hydrogen-bond donors (Lipinski definition) is 1. The van der Waals surface area contributed by atoms with E-state index in [4.69, 9.17) is 9.47 Å². The lowest BCUT2D eigenvalue weighted by Crippen LogP contribution is -2.28. The van der Waals surface area contributed by atoms with Crippen molar-refractivity contribution in [3.05, 3.63) is 23.3 Å². The van der Waals surface area contributed by atoms with Gasteiger partial charge in [0.05, 0.1) is 25.5 Å². The molecule has 0 bridgehead atoms. The molecule has 0 aromatic carbocycles. The first-order valence-electron chi connectivity index (χ1n) is 6.91. The average molecular weight is 265 g/mol. The Bertz CT molecular complexity index is 392. The number of ether oxygens (including phenoxy) is 2. The summed E-state index contributed by atoms with van der Waals surface area (Å²) in [6.07, 6.45) is 4.19. The van der Waals surface area contributed by atoms with Crippen LogP contribution in [0.5, 0.6) is 0 Å². The van der Waals surface area contributed by atoms with Crippen LogP contribution in [0.2, 0.25) is 0 Å². The zero-order valence-corrected chi connectivity index (χ0v) is 11.8. The van der Waals surface area contributed by atoms with Gasteiger partial charge in [-0.3, -0.25) is 0 Å². The molecular formula is C14H23N3O2. The maximum Gasteiger partial charge on any atom is 0.125 e. The van der Waals surface area contributed by atoms with Gasteiger partial charge in [0.2, 0.25) is 0 Å². The summed E-state index contributed by atoms with van der Waals surface area (Å²) in [5.74, 6) is 1.37. The number of rotatable bonds is 6. The van der Waals surface area contributed by atoms with Gasteiger partial charge in [-0.25, -0.2) is 9.97 Å². The van der Waals surface area contributed by atoms with Gasteiger partial charge in [-0.1, -0.05) is 0 Å². The quantitative estimate of drug-likeness (QED) is 0.788. The number of methoxy groups -OCH3 is 1. The third-order valence-electron chi connectivity index (χ3n) is 3.43. The van der Waals surface area contributed by atoms with Crippen molar-refractivity contribution in [1.82, 2.24) is 15.3 Å². The largest absolute Gasteiger partial charge is 0.382 e. The van der Waals surface area contributed by atoms with Crippen molar-refractivity contribution in [2.75, 3.05) is 33.4 Å². The Morgan fingerprint density at radius 1 is 1.32 bits per heavy atom. The molecule has 2 heterocycles. The van der Waals surface area contributed by atoms with Crippen LogP contribution < -0.4 is 5.32 Å². The maximum absolute atomic E-state index is 5.61. The van der Waals surface area contributed by atoms with E-state index < -0.39 is 0 Å². The Hall–Kier alpha value is -1.04. The maximum atomic E-state index is 5.61. The Kier molecular flexibility index (Phi) is 5.69. The van der Waals surface area contributed by atoms with Gasteiger partial charge in [0, 0.05) is 24.8 Å². The molecule has 106 valence electrons. The van der Waals surface area contributed by atoms with E-state index in [9.17, 15) is 0 Å². The SMILES string of the molecule is COCCOCc1cnc(C)nc1C1CCNCC1. The highest BCUT2D eigenvalue weighted by Gasteiger charge is 2.20. The molecule has 0 unspecified atom stereocenters. The fraction of sp³-hybridized carbons (Fsp3) is 0.714. The van der Waals surface area contributed by atoms with Crippen molar-refractivity contribution >= 4 is 0 Å². The fourth-order valence-corrected chi connectivity index (χ4v) is 2.40. The molecule has 0 spiro atoms. The van der Waals surface area contributed by atoms with Crippen LogP contribution in [0.4, 0.5) is 0 Å². The summed E-state index contributed by atoms with van der Waals surface area (Å²) < 4.78 is 10.6.